The highest BCUT2D eigenvalue weighted by Crippen LogP contribution is 2.19. The van der Waals surface area contributed by atoms with Crippen molar-refractivity contribution in [1.82, 2.24) is 34.9 Å². The predicted molar refractivity (Wildman–Crippen MR) is 136 cm³/mol. The highest BCUT2D eigenvalue weighted by atomic mass is 79.9. The molecule has 0 atom stereocenters. The Morgan fingerprint density at radius 2 is 1.69 bits per heavy atom. The van der Waals surface area contributed by atoms with Gasteiger partial charge in [-0.25, -0.2) is 4.68 Å². The molecule has 0 spiro atoms. The molecule has 10 nitrogen and oxygen atoms in total. The van der Waals surface area contributed by atoms with Crippen LogP contribution in [0.5, 0.6) is 5.88 Å². The lowest BCUT2D eigenvalue weighted by Gasteiger charge is -2.09. The Labute approximate surface area is 213 Å². The number of carbonyl (C=O) groups is 1. The number of benzene rings is 2. The number of aromatic nitrogens is 6. The highest BCUT2D eigenvalue weighted by Gasteiger charge is 2.11. The molecule has 0 radical (unpaired) electrons. The summed E-state index contributed by atoms with van der Waals surface area (Å²) in [4.78, 5) is 24.6. The van der Waals surface area contributed by atoms with Crippen LogP contribution >= 0.6 is 15.9 Å². The molecule has 0 aliphatic carbocycles. The monoisotopic (exact) mass is 545 g/mol. The molecule has 3 aromatic heterocycles. The molecule has 11 heteroatoms. The molecule has 1 N–H and O–H groups in total. The molecule has 5 rings (SSSR count). The number of halogens is 1. The number of amides is 1. The van der Waals surface area contributed by atoms with Crippen LogP contribution in [0.3, 0.4) is 0 Å². The number of nitrogens with zero attached hydrogens (tertiary/aromatic N) is 6. The maximum atomic E-state index is 12.4. The molecule has 0 unspecified atom stereocenters. The van der Waals surface area contributed by atoms with Crippen molar-refractivity contribution in [2.24, 2.45) is 0 Å². The Kier molecular flexibility index (Phi) is 6.80. The van der Waals surface area contributed by atoms with Crippen molar-refractivity contribution in [3.63, 3.8) is 0 Å². The summed E-state index contributed by atoms with van der Waals surface area (Å²) in [6.45, 7) is 0.219. The average molecular weight is 546 g/mol. The SMILES string of the molecule is O=C(Cn1nc(-c2ccc(Br)cc2)ccc1=O)NCCOc1ccc2nnc(-c3ccccc3)n2n1. The van der Waals surface area contributed by atoms with Crippen molar-refractivity contribution in [3.8, 4) is 28.5 Å². The van der Waals surface area contributed by atoms with Crippen LogP contribution in [-0.2, 0) is 11.3 Å². The van der Waals surface area contributed by atoms with E-state index in [4.69, 9.17) is 4.74 Å². The quantitative estimate of drug-likeness (QED) is 0.298. The summed E-state index contributed by atoms with van der Waals surface area (Å²) in [6.07, 6.45) is 0. The van der Waals surface area contributed by atoms with Gasteiger partial charge in [0.05, 0.1) is 12.2 Å². The van der Waals surface area contributed by atoms with Crippen LogP contribution in [0.1, 0.15) is 0 Å². The summed E-state index contributed by atoms with van der Waals surface area (Å²) in [5, 5.41) is 19.8. The fourth-order valence-electron chi connectivity index (χ4n) is 3.49. The lowest BCUT2D eigenvalue weighted by Crippen LogP contribution is -2.35. The van der Waals surface area contributed by atoms with Crippen molar-refractivity contribution in [3.05, 3.63) is 93.7 Å². The standard InChI is InChI=1S/C25H20BrN7O3/c26-19-8-6-17(7-9-19)20-10-13-24(35)32(30-20)16-22(34)27-14-15-36-23-12-11-21-28-29-25(33(21)31-23)18-4-2-1-3-5-18/h1-13H,14-16H2,(H,27,34). The molecule has 0 aliphatic rings. The minimum Gasteiger partial charge on any atom is -0.475 e. The van der Waals surface area contributed by atoms with Crippen molar-refractivity contribution < 1.29 is 9.53 Å². The Balaban J connectivity index is 1.17. The number of hydrogen-bond acceptors (Lipinski definition) is 7. The van der Waals surface area contributed by atoms with Gasteiger partial charge in [0.1, 0.15) is 13.2 Å². The zero-order valence-electron chi connectivity index (χ0n) is 18.9. The van der Waals surface area contributed by atoms with Crippen molar-refractivity contribution in [2.75, 3.05) is 13.2 Å². The number of hydrogen-bond donors (Lipinski definition) is 1. The maximum Gasteiger partial charge on any atom is 0.267 e. The topological polar surface area (TPSA) is 116 Å². The largest absolute Gasteiger partial charge is 0.475 e. The molecule has 0 fully saturated rings. The molecular formula is C25H20BrN7O3. The average Bonchev–Trinajstić information content (AvgIpc) is 3.32. The van der Waals surface area contributed by atoms with E-state index >= 15 is 0 Å². The van der Waals surface area contributed by atoms with Gasteiger partial charge in [0.15, 0.2) is 11.5 Å². The number of ether oxygens (including phenoxy) is 1. The van der Waals surface area contributed by atoms with E-state index in [0.29, 0.717) is 23.0 Å². The summed E-state index contributed by atoms with van der Waals surface area (Å²) in [7, 11) is 0. The second kappa shape index (κ2) is 10.5. The van der Waals surface area contributed by atoms with E-state index < -0.39 is 0 Å². The fourth-order valence-corrected chi connectivity index (χ4v) is 3.76. The van der Waals surface area contributed by atoms with Crippen LogP contribution in [0.2, 0.25) is 0 Å². The van der Waals surface area contributed by atoms with Gasteiger partial charge in [-0.3, -0.25) is 9.59 Å². The van der Waals surface area contributed by atoms with E-state index in [0.717, 1.165) is 20.3 Å². The van der Waals surface area contributed by atoms with Gasteiger partial charge in [-0.1, -0.05) is 58.4 Å². The molecule has 3 heterocycles. The van der Waals surface area contributed by atoms with Crippen molar-refractivity contribution >= 4 is 27.5 Å². The zero-order valence-corrected chi connectivity index (χ0v) is 20.5. The number of carbonyl (C=O) groups excluding carboxylic acids is 1. The first-order valence-electron chi connectivity index (χ1n) is 11.1. The van der Waals surface area contributed by atoms with Gasteiger partial charge in [-0.15, -0.1) is 15.3 Å². The van der Waals surface area contributed by atoms with Gasteiger partial charge >= 0.3 is 0 Å². The van der Waals surface area contributed by atoms with Gasteiger partial charge in [0, 0.05) is 27.7 Å². The molecule has 0 aliphatic heterocycles. The molecular weight excluding hydrogens is 526 g/mol. The molecule has 180 valence electrons. The second-order valence-electron chi connectivity index (χ2n) is 7.75. The van der Waals surface area contributed by atoms with Gasteiger partial charge in [0.2, 0.25) is 11.8 Å². The predicted octanol–water partition coefficient (Wildman–Crippen LogP) is 2.97. The Morgan fingerprint density at radius 3 is 2.50 bits per heavy atom. The second-order valence-corrected chi connectivity index (χ2v) is 8.67. The summed E-state index contributed by atoms with van der Waals surface area (Å²) < 4.78 is 9.38. The van der Waals surface area contributed by atoms with Crippen molar-refractivity contribution in [1.29, 1.82) is 0 Å². The number of rotatable bonds is 8. The van der Waals surface area contributed by atoms with E-state index in [1.165, 1.54) is 6.07 Å². The summed E-state index contributed by atoms with van der Waals surface area (Å²) in [5.41, 5.74) is 2.56. The van der Waals surface area contributed by atoms with Gasteiger partial charge in [-0.2, -0.15) is 9.61 Å². The minimum atomic E-state index is -0.358. The summed E-state index contributed by atoms with van der Waals surface area (Å²) in [5.74, 6) is 0.621. The van der Waals surface area contributed by atoms with Crippen LogP contribution in [-0.4, -0.2) is 48.7 Å². The van der Waals surface area contributed by atoms with E-state index in [1.54, 1.807) is 22.7 Å². The summed E-state index contributed by atoms with van der Waals surface area (Å²) in [6, 6.07) is 23.6. The lowest BCUT2D eigenvalue weighted by molar-refractivity contribution is -0.122. The molecule has 0 saturated carbocycles. The maximum absolute atomic E-state index is 12.4. The third kappa shape index (κ3) is 5.31. The first kappa shape index (κ1) is 23.4. The molecule has 1 amide bonds. The Hall–Kier alpha value is -4.38. The molecule has 5 aromatic rings. The lowest BCUT2D eigenvalue weighted by atomic mass is 10.1. The van der Waals surface area contributed by atoms with Gasteiger partial charge < -0.3 is 10.1 Å². The van der Waals surface area contributed by atoms with Crippen LogP contribution in [0.15, 0.2) is 88.1 Å². The summed E-state index contributed by atoms with van der Waals surface area (Å²) >= 11 is 3.39. The molecule has 36 heavy (non-hydrogen) atoms. The molecule has 0 bridgehead atoms. The smallest absolute Gasteiger partial charge is 0.267 e. The van der Waals surface area contributed by atoms with Gasteiger partial charge in [-0.05, 0) is 24.3 Å². The number of fused-ring (bicyclic) bond motifs is 1. The van der Waals surface area contributed by atoms with Crippen LogP contribution in [0.4, 0.5) is 0 Å². The van der Waals surface area contributed by atoms with E-state index in [9.17, 15) is 9.59 Å². The first-order chi connectivity index (χ1) is 17.6. The van der Waals surface area contributed by atoms with Gasteiger partial charge in [0.25, 0.3) is 5.56 Å². The fraction of sp³-hybridized carbons (Fsp3) is 0.120. The molecule has 2 aromatic carbocycles. The molecule has 0 saturated heterocycles. The Bertz CT molecular complexity index is 1570. The third-order valence-corrected chi connectivity index (χ3v) is 5.77. The van der Waals surface area contributed by atoms with E-state index in [-0.39, 0.29) is 31.2 Å². The van der Waals surface area contributed by atoms with Crippen LogP contribution in [0, 0.1) is 0 Å². The minimum absolute atomic E-state index is 0.189. The number of nitrogens with one attached hydrogen (secondary N) is 1. The zero-order chi connectivity index (χ0) is 24.9. The van der Waals surface area contributed by atoms with Crippen LogP contribution in [0.25, 0.3) is 28.3 Å². The Morgan fingerprint density at radius 1 is 0.889 bits per heavy atom. The van der Waals surface area contributed by atoms with E-state index in [2.05, 4.69) is 41.6 Å². The van der Waals surface area contributed by atoms with Crippen molar-refractivity contribution in [2.45, 2.75) is 6.54 Å². The highest BCUT2D eigenvalue weighted by molar-refractivity contribution is 9.10. The van der Waals surface area contributed by atoms with E-state index in [1.807, 2.05) is 54.6 Å². The normalized spacial score (nSPS) is 10.9. The third-order valence-electron chi connectivity index (χ3n) is 5.24. The first-order valence-corrected chi connectivity index (χ1v) is 11.9. The van der Waals surface area contributed by atoms with Crippen LogP contribution < -0.4 is 15.6 Å².